The van der Waals surface area contributed by atoms with Crippen molar-refractivity contribution in [3.63, 3.8) is 0 Å². The van der Waals surface area contributed by atoms with Gasteiger partial charge < -0.3 is 10.2 Å². The van der Waals surface area contributed by atoms with E-state index in [4.69, 9.17) is 0 Å². The van der Waals surface area contributed by atoms with E-state index in [1.165, 1.54) is 0 Å². The largest absolute Gasteiger partial charge is 0.363 e. The number of para-hydroxylation sites is 1. The molecule has 1 aromatic rings. The van der Waals surface area contributed by atoms with Gasteiger partial charge in [0, 0.05) is 25.2 Å². The van der Waals surface area contributed by atoms with Gasteiger partial charge in [-0.25, -0.2) is 4.39 Å². The van der Waals surface area contributed by atoms with E-state index >= 15 is 0 Å². The maximum Gasteiger partial charge on any atom is 0.146 e. The predicted molar refractivity (Wildman–Crippen MR) is 74.6 cm³/mol. The van der Waals surface area contributed by atoms with E-state index in [9.17, 15) is 4.39 Å². The molecule has 1 aliphatic rings. The molecule has 1 heterocycles. The minimum Gasteiger partial charge on any atom is -0.363 e. The average Bonchev–Trinajstić information content (AvgIpc) is 2.30. The molecule has 18 heavy (non-hydrogen) atoms. The van der Waals surface area contributed by atoms with Gasteiger partial charge in [-0.05, 0) is 31.4 Å². The van der Waals surface area contributed by atoms with Crippen molar-refractivity contribution in [1.82, 2.24) is 5.32 Å². The fraction of sp³-hybridized carbons (Fsp3) is 0.600. The number of piperazine rings is 1. The van der Waals surface area contributed by atoms with Crippen LogP contribution < -0.4 is 10.2 Å². The smallest absolute Gasteiger partial charge is 0.146 e. The van der Waals surface area contributed by atoms with E-state index in [0.717, 1.165) is 24.3 Å². The van der Waals surface area contributed by atoms with Gasteiger partial charge in [-0.1, -0.05) is 26.0 Å². The lowest BCUT2D eigenvalue weighted by molar-refractivity contribution is 0.334. The Morgan fingerprint density at radius 1 is 1.39 bits per heavy atom. The molecule has 0 saturated carbocycles. The quantitative estimate of drug-likeness (QED) is 0.868. The Morgan fingerprint density at radius 3 is 2.72 bits per heavy atom. The molecule has 0 amide bonds. The maximum absolute atomic E-state index is 14.1. The van der Waals surface area contributed by atoms with Crippen LogP contribution in [0, 0.1) is 18.7 Å². The Labute approximate surface area is 109 Å². The lowest BCUT2D eigenvalue weighted by atomic mass is 9.98. The Morgan fingerprint density at radius 2 is 2.11 bits per heavy atom. The number of nitrogens with one attached hydrogen (secondary N) is 1. The highest BCUT2D eigenvalue weighted by Crippen LogP contribution is 2.28. The second-order valence-electron chi connectivity index (χ2n) is 5.67. The number of anilines is 1. The Bertz CT molecular complexity index is 397. The first-order chi connectivity index (χ1) is 8.50. The van der Waals surface area contributed by atoms with E-state index in [1.54, 1.807) is 12.1 Å². The molecule has 3 heteroatoms. The molecule has 1 saturated heterocycles. The second kappa shape index (κ2) is 5.27. The Balaban J connectivity index is 2.30. The van der Waals surface area contributed by atoms with E-state index in [2.05, 4.69) is 31.0 Å². The lowest BCUT2D eigenvalue weighted by Gasteiger charge is -2.42. The van der Waals surface area contributed by atoms with Crippen LogP contribution >= 0.6 is 0 Å². The van der Waals surface area contributed by atoms with Gasteiger partial charge in [0.2, 0.25) is 0 Å². The molecule has 0 bridgehead atoms. The summed E-state index contributed by atoms with van der Waals surface area (Å²) in [6.45, 7) is 10.3. The summed E-state index contributed by atoms with van der Waals surface area (Å²) >= 11 is 0. The van der Waals surface area contributed by atoms with Crippen LogP contribution in [-0.2, 0) is 0 Å². The first kappa shape index (κ1) is 13.3. The van der Waals surface area contributed by atoms with Gasteiger partial charge >= 0.3 is 0 Å². The normalized spacial score (nSPS) is 24.7. The number of hydrogen-bond acceptors (Lipinski definition) is 2. The minimum atomic E-state index is -0.105. The van der Waals surface area contributed by atoms with E-state index < -0.39 is 0 Å². The third-order valence-corrected chi connectivity index (χ3v) is 3.88. The molecule has 0 aliphatic carbocycles. The molecule has 1 N–H and O–H groups in total. The van der Waals surface area contributed by atoms with Crippen molar-refractivity contribution in [2.24, 2.45) is 5.92 Å². The van der Waals surface area contributed by atoms with Gasteiger partial charge in [-0.3, -0.25) is 0 Å². The molecule has 2 rings (SSSR count). The zero-order chi connectivity index (χ0) is 13.3. The SMILES string of the molecule is Cc1cccc(F)c1N1CC(C(C)C)NCC1C. The highest BCUT2D eigenvalue weighted by molar-refractivity contribution is 5.55. The van der Waals surface area contributed by atoms with Crippen LogP contribution in [0.3, 0.4) is 0 Å². The van der Waals surface area contributed by atoms with E-state index in [1.807, 2.05) is 13.0 Å². The van der Waals surface area contributed by atoms with Crippen LogP contribution in [0.15, 0.2) is 18.2 Å². The molecule has 2 nitrogen and oxygen atoms in total. The van der Waals surface area contributed by atoms with Crippen molar-refractivity contribution in [3.8, 4) is 0 Å². The van der Waals surface area contributed by atoms with Gasteiger partial charge in [0.1, 0.15) is 5.82 Å². The molecular weight excluding hydrogens is 227 g/mol. The molecule has 2 atom stereocenters. The highest BCUT2D eigenvalue weighted by Gasteiger charge is 2.29. The summed E-state index contributed by atoms with van der Waals surface area (Å²) in [5.41, 5.74) is 1.79. The summed E-state index contributed by atoms with van der Waals surface area (Å²) < 4.78 is 14.1. The van der Waals surface area contributed by atoms with E-state index in [0.29, 0.717) is 18.0 Å². The van der Waals surface area contributed by atoms with Gasteiger partial charge in [-0.2, -0.15) is 0 Å². The number of nitrogens with zero attached hydrogens (tertiary/aromatic N) is 1. The maximum atomic E-state index is 14.1. The standard InChI is InChI=1S/C15H23FN2/c1-10(2)14-9-18(12(4)8-17-14)15-11(3)6-5-7-13(15)16/h5-7,10,12,14,17H,8-9H2,1-4H3. The Hall–Kier alpha value is -1.09. The van der Waals surface area contributed by atoms with Gasteiger partial charge in [0.05, 0.1) is 5.69 Å². The second-order valence-corrected chi connectivity index (χ2v) is 5.67. The molecule has 2 unspecified atom stereocenters. The van der Waals surface area contributed by atoms with Crippen molar-refractivity contribution in [2.45, 2.75) is 39.8 Å². The highest BCUT2D eigenvalue weighted by atomic mass is 19.1. The monoisotopic (exact) mass is 250 g/mol. The summed E-state index contributed by atoms with van der Waals surface area (Å²) in [5, 5.41) is 3.54. The number of hydrogen-bond donors (Lipinski definition) is 1. The molecular formula is C15H23FN2. The summed E-state index contributed by atoms with van der Waals surface area (Å²) in [7, 11) is 0. The number of benzene rings is 1. The lowest BCUT2D eigenvalue weighted by Crippen LogP contribution is -2.57. The summed E-state index contributed by atoms with van der Waals surface area (Å²) in [4.78, 5) is 2.21. The first-order valence-corrected chi connectivity index (χ1v) is 6.76. The first-order valence-electron chi connectivity index (χ1n) is 6.76. The molecule has 1 aromatic carbocycles. The zero-order valence-corrected chi connectivity index (χ0v) is 11.7. The van der Waals surface area contributed by atoms with Crippen LogP contribution in [-0.4, -0.2) is 25.2 Å². The fourth-order valence-corrected chi connectivity index (χ4v) is 2.63. The topological polar surface area (TPSA) is 15.3 Å². The van der Waals surface area contributed by atoms with Crippen molar-refractivity contribution in [1.29, 1.82) is 0 Å². The molecule has 1 aliphatic heterocycles. The summed E-state index contributed by atoms with van der Waals surface area (Å²) in [6.07, 6.45) is 0. The van der Waals surface area contributed by atoms with Crippen molar-refractivity contribution < 1.29 is 4.39 Å². The van der Waals surface area contributed by atoms with Gasteiger partial charge in [0.25, 0.3) is 0 Å². The third-order valence-electron chi connectivity index (χ3n) is 3.88. The molecule has 100 valence electrons. The molecule has 1 fully saturated rings. The molecule has 0 spiro atoms. The van der Waals surface area contributed by atoms with Gasteiger partial charge in [0.15, 0.2) is 0 Å². The van der Waals surface area contributed by atoms with Crippen molar-refractivity contribution in [2.75, 3.05) is 18.0 Å². The van der Waals surface area contributed by atoms with Crippen LogP contribution in [0.4, 0.5) is 10.1 Å². The third kappa shape index (κ3) is 2.51. The van der Waals surface area contributed by atoms with Crippen LogP contribution in [0.1, 0.15) is 26.3 Å². The predicted octanol–water partition coefficient (Wildman–Crippen LogP) is 2.96. The van der Waals surface area contributed by atoms with Crippen LogP contribution in [0.5, 0.6) is 0 Å². The van der Waals surface area contributed by atoms with Crippen LogP contribution in [0.2, 0.25) is 0 Å². The zero-order valence-electron chi connectivity index (χ0n) is 11.7. The minimum absolute atomic E-state index is 0.105. The van der Waals surface area contributed by atoms with Crippen molar-refractivity contribution >= 4 is 5.69 Å². The summed E-state index contributed by atoms with van der Waals surface area (Å²) in [5.74, 6) is 0.457. The average molecular weight is 250 g/mol. The van der Waals surface area contributed by atoms with Gasteiger partial charge in [-0.15, -0.1) is 0 Å². The molecule has 0 aromatic heterocycles. The van der Waals surface area contributed by atoms with Crippen LogP contribution in [0.25, 0.3) is 0 Å². The fourth-order valence-electron chi connectivity index (χ4n) is 2.63. The number of aryl methyl sites for hydroxylation is 1. The number of halogens is 1. The summed E-state index contributed by atoms with van der Waals surface area (Å²) in [6, 6.07) is 6.08. The van der Waals surface area contributed by atoms with E-state index in [-0.39, 0.29) is 5.82 Å². The van der Waals surface area contributed by atoms with Crippen molar-refractivity contribution in [3.05, 3.63) is 29.6 Å². The Kier molecular flexibility index (Phi) is 3.91. The number of rotatable bonds is 2. The molecule has 0 radical (unpaired) electrons.